The minimum atomic E-state index is 0.442. The van der Waals surface area contributed by atoms with Crippen molar-refractivity contribution < 1.29 is 4.74 Å². The van der Waals surface area contributed by atoms with Crippen LogP contribution in [-0.2, 0) is 4.74 Å². The minimum Gasteiger partial charge on any atom is -0.381 e. The van der Waals surface area contributed by atoms with Crippen LogP contribution in [-0.4, -0.2) is 36.3 Å². The normalized spacial score (nSPS) is 21.4. The van der Waals surface area contributed by atoms with E-state index in [1.165, 1.54) is 18.6 Å². The second kappa shape index (κ2) is 5.99. The Morgan fingerprint density at radius 3 is 2.50 bits per heavy atom. The van der Waals surface area contributed by atoms with Crippen LogP contribution < -0.4 is 5.32 Å². The molecule has 0 aromatic heterocycles. The summed E-state index contributed by atoms with van der Waals surface area (Å²) in [5.74, 6) is 1.21. The number of hydrogen-bond donors (Lipinski definition) is 1. The fourth-order valence-corrected chi connectivity index (χ4v) is 3.06. The number of rotatable bonds is 5. The molecule has 84 valence electrons. The van der Waals surface area contributed by atoms with Crippen LogP contribution in [0.5, 0.6) is 0 Å². The van der Waals surface area contributed by atoms with Gasteiger partial charge in [-0.15, -0.1) is 0 Å². The van der Waals surface area contributed by atoms with Crippen LogP contribution in [0.4, 0.5) is 0 Å². The zero-order valence-electron chi connectivity index (χ0n) is 9.64. The van der Waals surface area contributed by atoms with E-state index in [9.17, 15) is 0 Å². The molecule has 3 heteroatoms. The maximum Gasteiger partial charge on any atom is 0.0479 e. The van der Waals surface area contributed by atoms with Gasteiger partial charge in [0.25, 0.3) is 0 Å². The number of thioether (sulfide) groups is 1. The van der Waals surface area contributed by atoms with Gasteiger partial charge < -0.3 is 10.1 Å². The van der Waals surface area contributed by atoms with Gasteiger partial charge >= 0.3 is 0 Å². The predicted molar refractivity (Wildman–Crippen MR) is 64.1 cm³/mol. The molecule has 0 bridgehead atoms. The van der Waals surface area contributed by atoms with E-state index in [1.807, 2.05) is 0 Å². The second-order valence-corrected chi connectivity index (χ2v) is 6.00. The van der Waals surface area contributed by atoms with Crippen molar-refractivity contribution in [3.05, 3.63) is 0 Å². The molecule has 0 aromatic carbocycles. The molecule has 0 unspecified atom stereocenters. The molecule has 1 aliphatic rings. The molecule has 0 amide bonds. The molecule has 0 aromatic rings. The van der Waals surface area contributed by atoms with E-state index in [0.717, 1.165) is 19.8 Å². The Balaban J connectivity index is 2.42. The highest BCUT2D eigenvalue weighted by Crippen LogP contribution is 2.34. The van der Waals surface area contributed by atoms with Crippen molar-refractivity contribution in [3.8, 4) is 0 Å². The first-order valence-electron chi connectivity index (χ1n) is 5.63. The first-order valence-corrected chi connectivity index (χ1v) is 6.62. The Bertz CT molecular complexity index is 150. The average molecular weight is 217 g/mol. The van der Waals surface area contributed by atoms with Crippen LogP contribution in [0.15, 0.2) is 0 Å². The Morgan fingerprint density at radius 2 is 2.00 bits per heavy atom. The van der Waals surface area contributed by atoms with Gasteiger partial charge in [0.15, 0.2) is 0 Å². The molecule has 0 aliphatic carbocycles. The van der Waals surface area contributed by atoms with Gasteiger partial charge in [0, 0.05) is 30.5 Å². The Kier molecular flexibility index (Phi) is 5.28. The molecule has 0 radical (unpaired) electrons. The molecule has 1 saturated heterocycles. The lowest BCUT2D eigenvalue weighted by molar-refractivity contribution is 0.0767. The lowest BCUT2D eigenvalue weighted by Crippen LogP contribution is -2.44. The summed E-state index contributed by atoms with van der Waals surface area (Å²) in [4.78, 5) is 0. The predicted octanol–water partition coefficient (Wildman–Crippen LogP) is 2.29. The number of ether oxygens (including phenoxy) is 1. The van der Waals surface area contributed by atoms with Crippen molar-refractivity contribution in [2.24, 2.45) is 0 Å². The van der Waals surface area contributed by atoms with Crippen molar-refractivity contribution >= 4 is 11.8 Å². The fourth-order valence-electron chi connectivity index (χ4n) is 1.81. The third-order valence-electron chi connectivity index (χ3n) is 2.69. The molecule has 1 N–H and O–H groups in total. The summed E-state index contributed by atoms with van der Waals surface area (Å²) in [5, 5.41) is 3.56. The van der Waals surface area contributed by atoms with E-state index in [-0.39, 0.29) is 0 Å². The van der Waals surface area contributed by atoms with Crippen molar-refractivity contribution in [2.45, 2.75) is 44.4 Å². The van der Waals surface area contributed by atoms with E-state index >= 15 is 0 Å². The average Bonchev–Trinajstić information content (AvgIpc) is 2.17. The van der Waals surface area contributed by atoms with E-state index in [0.29, 0.717) is 10.8 Å². The fraction of sp³-hybridized carbons (Fsp3) is 1.00. The van der Waals surface area contributed by atoms with Gasteiger partial charge in [-0.25, -0.2) is 0 Å². The summed E-state index contributed by atoms with van der Waals surface area (Å²) < 4.78 is 5.88. The monoisotopic (exact) mass is 217 g/mol. The molecule has 1 heterocycles. The van der Waals surface area contributed by atoms with Crippen molar-refractivity contribution in [3.63, 3.8) is 0 Å². The summed E-state index contributed by atoms with van der Waals surface area (Å²) in [6.07, 6.45) is 2.40. The maximum atomic E-state index is 5.44. The van der Waals surface area contributed by atoms with Crippen LogP contribution in [0.1, 0.15) is 33.6 Å². The molecule has 1 fully saturated rings. The highest BCUT2D eigenvalue weighted by Gasteiger charge is 2.32. The molecule has 0 saturated carbocycles. The van der Waals surface area contributed by atoms with Gasteiger partial charge in [-0.3, -0.25) is 0 Å². The lowest BCUT2D eigenvalue weighted by atomic mass is 9.99. The highest BCUT2D eigenvalue weighted by atomic mass is 32.2. The van der Waals surface area contributed by atoms with Crippen molar-refractivity contribution in [2.75, 3.05) is 25.5 Å². The van der Waals surface area contributed by atoms with Crippen LogP contribution in [0.2, 0.25) is 0 Å². The molecule has 1 rings (SSSR count). The van der Waals surface area contributed by atoms with Crippen LogP contribution in [0, 0.1) is 0 Å². The summed E-state index contributed by atoms with van der Waals surface area (Å²) in [5.41, 5.74) is 0. The van der Waals surface area contributed by atoms with E-state index in [4.69, 9.17) is 4.74 Å². The van der Waals surface area contributed by atoms with E-state index < -0.39 is 0 Å². The third kappa shape index (κ3) is 3.79. The first-order chi connectivity index (χ1) is 6.68. The summed E-state index contributed by atoms with van der Waals surface area (Å²) in [6.45, 7) is 9.68. The molecular weight excluding hydrogens is 194 g/mol. The maximum absolute atomic E-state index is 5.44. The molecule has 2 nitrogen and oxygen atoms in total. The van der Waals surface area contributed by atoms with Gasteiger partial charge in [0.1, 0.15) is 0 Å². The Labute approximate surface area is 92.2 Å². The SMILES string of the molecule is CCSC1(CNC(C)C)CCOCC1. The Morgan fingerprint density at radius 1 is 1.36 bits per heavy atom. The largest absolute Gasteiger partial charge is 0.381 e. The summed E-state index contributed by atoms with van der Waals surface area (Å²) in [6, 6.07) is 0.590. The second-order valence-electron chi connectivity index (χ2n) is 4.26. The zero-order valence-corrected chi connectivity index (χ0v) is 10.5. The molecular formula is C11H23NOS. The summed E-state index contributed by atoms with van der Waals surface area (Å²) >= 11 is 2.10. The van der Waals surface area contributed by atoms with Crippen LogP contribution >= 0.6 is 11.8 Å². The van der Waals surface area contributed by atoms with Crippen LogP contribution in [0.3, 0.4) is 0 Å². The van der Waals surface area contributed by atoms with E-state index in [1.54, 1.807) is 0 Å². The zero-order chi connectivity index (χ0) is 10.4. The smallest absolute Gasteiger partial charge is 0.0479 e. The third-order valence-corrected chi connectivity index (χ3v) is 4.14. The highest BCUT2D eigenvalue weighted by molar-refractivity contribution is 8.00. The topological polar surface area (TPSA) is 21.3 Å². The number of hydrogen-bond acceptors (Lipinski definition) is 3. The van der Waals surface area contributed by atoms with Gasteiger partial charge in [0.2, 0.25) is 0 Å². The van der Waals surface area contributed by atoms with Crippen molar-refractivity contribution in [1.82, 2.24) is 5.32 Å². The first kappa shape index (κ1) is 12.3. The van der Waals surface area contributed by atoms with Gasteiger partial charge in [-0.2, -0.15) is 11.8 Å². The molecule has 14 heavy (non-hydrogen) atoms. The van der Waals surface area contributed by atoms with Gasteiger partial charge in [0.05, 0.1) is 0 Å². The quantitative estimate of drug-likeness (QED) is 0.763. The molecule has 0 atom stereocenters. The van der Waals surface area contributed by atoms with Crippen LogP contribution in [0.25, 0.3) is 0 Å². The molecule has 1 aliphatic heterocycles. The van der Waals surface area contributed by atoms with Gasteiger partial charge in [-0.1, -0.05) is 20.8 Å². The minimum absolute atomic E-state index is 0.442. The number of nitrogens with one attached hydrogen (secondary N) is 1. The Hall–Kier alpha value is 0.270. The van der Waals surface area contributed by atoms with Gasteiger partial charge in [-0.05, 0) is 18.6 Å². The lowest BCUT2D eigenvalue weighted by Gasteiger charge is -2.37. The van der Waals surface area contributed by atoms with Crippen molar-refractivity contribution in [1.29, 1.82) is 0 Å². The molecule has 0 spiro atoms. The standard InChI is InChI=1S/C11H23NOS/c1-4-14-11(9-12-10(2)3)5-7-13-8-6-11/h10,12H,4-9H2,1-3H3. The van der Waals surface area contributed by atoms with E-state index in [2.05, 4.69) is 37.8 Å². The summed E-state index contributed by atoms with van der Waals surface area (Å²) in [7, 11) is 0.